The number of benzene rings is 1. The molecule has 3 heterocycles. The van der Waals surface area contributed by atoms with Crippen molar-refractivity contribution in [2.75, 3.05) is 31.5 Å². The van der Waals surface area contributed by atoms with Crippen LogP contribution in [0.3, 0.4) is 0 Å². The second-order valence-electron chi connectivity index (χ2n) is 11.4. The molecule has 2 aliphatic heterocycles. The largest absolute Gasteiger partial charge is 0.468 e. The van der Waals surface area contributed by atoms with Gasteiger partial charge in [-0.2, -0.15) is 0 Å². The van der Waals surface area contributed by atoms with Gasteiger partial charge in [0.1, 0.15) is 13.1 Å². The van der Waals surface area contributed by atoms with Crippen molar-refractivity contribution in [1.82, 2.24) is 14.1 Å². The fourth-order valence-electron chi connectivity index (χ4n) is 5.62. The SMILES string of the molecule is CC(C)(C)P(=NC(=S)Nc1ccc(S(=O)(=O)NCc2ccco2)cc1)(N1CCCCCC1)N1CCCCCC1. The fourth-order valence-corrected chi connectivity index (χ4v) is 11.7. The topological polar surface area (TPSA) is 90.2 Å². The predicted octanol–water partition coefficient (Wildman–Crippen LogP) is 7.04. The molecular weight excluding hydrogens is 549 g/mol. The first-order valence-corrected chi connectivity index (χ1v) is 17.7. The minimum atomic E-state index is -3.67. The molecule has 11 heteroatoms. The lowest BCUT2D eigenvalue weighted by Gasteiger charge is -2.50. The van der Waals surface area contributed by atoms with Crippen LogP contribution in [0.2, 0.25) is 0 Å². The highest BCUT2D eigenvalue weighted by atomic mass is 32.2. The van der Waals surface area contributed by atoms with E-state index in [1.807, 2.05) is 0 Å². The zero-order chi connectivity index (χ0) is 27.9. The summed E-state index contributed by atoms with van der Waals surface area (Å²) in [6.45, 7) is 11.3. The Labute approximate surface area is 240 Å². The number of hydrogen-bond acceptors (Lipinski definition) is 4. The highest BCUT2D eigenvalue weighted by molar-refractivity contribution is 7.89. The molecule has 0 aliphatic carbocycles. The number of thiocarbonyl (C=S) groups is 1. The Balaban J connectivity index is 1.59. The van der Waals surface area contributed by atoms with E-state index in [-0.39, 0.29) is 16.6 Å². The summed E-state index contributed by atoms with van der Waals surface area (Å²) >= 11 is 5.91. The van der Waals surface area contributed by atoms with Crippen molar-refractivity contribution in [2.45, 2.75) is 88.7 Å². The molecule has 0 atom stereocenters. The van der Waals surface area contributed by atoms with Crippen molar-refractivity contribution >= 4 is 40.4 Å². The third-order valence-electron chi connectivity index (χ3n) is 7.52. The van der Waals surface area contributed by atoms with E-state index >= 15 is 0 Å². The molecule has 1 aromatic carbocycles. The quantitative estimate of drug-likeness (QED) is 0.263. The second-order valence-corrected chi connectivity index (χ2v) is 17.4. The molecule has 2 aliphatic rings. The monoisotopic (exact) mass is 593 g/mol. The molecule has 39 heavy (non-hydrogen) atoms. The van der Waals surface area contributed by atoms with Gasteiger partial charge in [-0.05, 0) is 74.3 Å². The Morgan fingerprint density at radius 3 is 1.92 bits per heavy atom. The molecule has 0 saturated carbocycles. The van der Waals surface area contributed by atoms with Crippen LogP contribution in [0, 0.1) is 0 Å². The maximum absolute atomic E-state index is 12.7. The van der Waals surface area contributed by atoms with Crippen LogP contribution in [0.15, 0.2) is 56.7 Å². The zero-order valence-corrected chi connectivity index (χ0v) is 26.1. The second kappa shape index (κ2) is 13.4. The van der Waals surface area contributed by atoms with Crippen LogP contribution < -0.4 is 10.0 Å². The highest BCUT2D eigenvalue weighted by Crippen LogP contribution is 2.66. The highest BCUT2D eigenvalue weighted by Gasteiger charge is 2.44. The number of sulfonamides is 1. The van der Waals surface area contributed by atoms with Crippen molar-refractivity contribution in [3.8, 4) is 0 Å². The molecule has 2 N–H and O–H groups in total. The normalized spacial score (nSPS) is 18.7. The van der Waals surface area contributed by atoms with E-state index in [1.165, 1.54) is 57.6 Å². The summed E-state index contributed by atoms with van der Waals surface area (Å²) < 4.78 is 44.1. The van der Waals surface area contributed by atoms with Crippen LogP contribution in [-0.2, 0) is 16.6 Å². The average Bonchev–Trinajstić information content (AvgIpc) is 3.09. The summed E-state index contributed by atoms with van der Waals surface area (Å²) in [5.74, 6) is 0.559. The van der Waals surface area contributed by atoms with Gasteiger partial charge in [0.15, 0.2) is 5.11 Å². The summed E-state index contributed by atoms with van der Waals surface area (Å²) in [4.78, 5) is 0.188. The smallest absolute Gasteiger partial charge is 0.240 e. The Hall–Kier alpha value is -1.55. The average molecular weight is 594 g/mol. The van der Waals surface area contributed by atoms with Crippen LogP contribution in [0.1, 0.15) is 77.9 Å². The molecule has 0 radical (unpaired) electrons. The van der Waals surface area contributed by atoms with Gasteiger partial charge in [-0.15, -0.1) is 0 Å². The van der Waals surface area contributed by atoms with E-state index in [9.17, 15) is 8.42 Å². The van der Waals surface area contributed by atoms with Crippen molar-refractivity contribution in [2.24, 2.45) is 4.74 Å². The first-order chi connectivity index (χ1) is 18.6. The molecule has 2 aromatic rings. The van der Waals surface area contributed by atoms with E-state index in [1.54, 1.807) is 36.4 Å². The molecule has 8 nitrogen and oxygen atoms in total. The Morgan fingerprint density at radius 2 is 1.46 bits per heavy atom. The molecule has 2 fully saturated rings. The molecule has 2 saturated heterocycles. The maximum Gasteiger partial charge on any atom is 0.240 e. The number of nitrogens with one attached hydrogen (secondary N) is 2. The van der Waals surface area contributed by atoms with Gasteiger partial charge in [-0.3, -0.25) is 9.34 Å². The minimum absolute atomic E-state index is 0.0645. The van der Waals surface area contributed by atoms with E-state index in [4.69, 9.17) is 21.4 Å². The van der Waals surface area contributed by atoms with E-state index in [0.29, 0.717) is 10.9 Å². The lowest BCUT2D eigenvalue weighted by atomic mass is 10.2. The first kappa shape index (κ1) is 30.4. The predicted molar refractivity (Wildman–Crippen MR) is 165 cm³/mol. The molecule has 4 rings (SSSR count). The van der Waals surface area contributed by atoms with Gasteiger partial charge in [0.2, 0.25) is 10.0 Å². The Morgan fingerprint density at radius 1 is 0.923 bits per heavy atom. The molecule has 1 aromatic heterocycles. The lowest BCUT2D eigenvalue weighted by molar-refractivity contribution is 0.368. The summed E-state index contributed by atoms with van der Waals surface area (Å²) in [7, 11) is -5.84. The van der Waals surface area contributed by atoms with E-state index in [2.05, 4.69) is 40.2 Å². The van der Waals surface area contributed by atoms with Gasteiger partial charge in [0.25, 0.3) is 0 Å². The number of anilines is 1. The minimum Gasteiger partial charge on any atom is -0.468 e. The molecule has 0 spiro atoms. The molecule has 0 amide bonds. The van der Waals surface area contributed by atoms with Gasteiger partial charge < -0.3 is 9.73 Å². The Kier molecular flexibility index (Phi) is 10.5. The molecule has 0 bridgehead atoms. The van der Waals surface area contributed by atoms with Gasteiger partial charge in [-0.1, -0.05) is 46.5 Å². The van der Waals surface area contributed by atoms with E-state index in [0.717, 1.165) is 31.9 Å². The fraction of sp³-hybridized carbons (Fsp3) is 0.607. The molecular formula is C28H44N5O3PS2. The van der Waals surface area contributed by atoms with Crippen LogP contribution >= 0.6 is 19.6 Å². The van der Waals surface area contributed by atoms with Gasteiger partial charge in [0.05, 0.1) is 17.7 Å². The number of rotatable bonds is 7. The van der Waals surface area contributed by atoms with E-state index < -0.39 is 17.4 Å². The maximum atomic E-state index is 12.7. The third kappa shape index (κ3) is 7.60. The third-order valence-corrected chi connectivity index (χ3v) is 13.9. The standard InChI is InChI=1S/C28H44N5O3PS2/c1-28(2,3)37(32-18-8-4-5-9-19-32,33-20-10-6-7-11-21-33)31-27(38)30-24-14-16-26(17-15-24)39(34,35)29-23-25-13-12-22-36-25/h12-17,22,29H,4-11,18-21,23H2,1-3H3,(H,30,38). The van der Waals surface area contributed by atoms with Gasteiger partial charge in [0, 0.05) is 37.0 Å². The number of nitrogens with zero attached hydrogens (tertiary/aromatic N) is 3. The van der Waals surface area contributed by atoms with Gasteiger partial charge in [-0.25, -0.2) is 17.9 Å². The summed E-state index contributed by atoms with van der Waals surface area (Å²) in [6.07, 6.45) is 11.4. The van der Waals surface area contributed by atoms with Gasteiger partial charge >= 0.3 is 0 Å². The molecule has 216 valence electrons. The van der Waals surface area contributed by atoms with Crippen molar-refractivity contribution in [3.05, 3.63) is 48.4 Å². The first-order valence-electron chi connectivity index (χ1n) is 14.2. The van der Waals surface area contributed by atoms with Crippen LogP contribution in [0.25, 0.3) is 0 Å². The lowest BCUT2D eigenvalue weighted by Crippen LogP contribution is -2.42. The Bertz CT molecular complexity index is 1200. The van der Waals surface area contributed by atoms with Crippen LogP contribution in [0.4, 0.5) is 5.69 Å². The van der Waals surface area contributed by atoms with Crippen molar-refractivity contribution in [1.29, 1.82) is 0 Å². The van der Waals surface area contributed by atoms with Crippen molar-refractivity contribution in [3.63, 3.8) is 0 Å². The zero-order valence-electron chi connectivity index (χ0n) is 23.6. The summed E-state index contributed by atoms with van der Waals surface area (Å²) in [5, 5.41) is 3.73. The number of hydrogen-bond donors (Lipinski definition) is 2. The molecule has 0 unspecified atom stereocenters. The van der Waals surface area contributed by atoms with Crippen LogP contribution in [-0.4, -0.2) is 54.2 Å². The van der Waals surface area contributed by atoms with Crippen molar-refractivity contribution < 1.29 is 12.8 Å². The summed E-state index contributed by atoms with van der Waals surface area (Å²) in [6, 6.07) is 10.1. The summed E-state index contributed by atoms with van der Waals surface area (Å²) in [5.41, 5.74) is 0.729. The van der Waals surface area contributed by atoms with Crippen LogP contribution in [0.5, 0.6) is 0 Å². The number of furan rings is 1.